The van der Waals surface area contributed by atoms with Gasteiger partial charge >= 0.3 is 0 Å². The normalized spacial score (nSPS) is 10.3. The van der Waals surface area contributed by atoms with Gasteiger partial charge in [-0.05, 0) is 59.3 Å². The summed E-state index contributed by atoms with van der Waals surface area (Å²) in [4.78, 5) is 23.1. The van der Waals surface area contributed by atoms with Crippen LogP contribution < -0.4 is 16.4 Å². The van der Waals surface area contributed by atoms with Gasteiger partial charge in [-0.1, -0.05) is 6.07 Å². The van der Waals surface area contributed by atoms with E-state index < -0.39 is 5.91 Å². The minimum Gasteiger partial charge on any atom is -0.376 e. The third-order valence-corrected chi connectivity index (χ3v) is 3.71. The van der Waals surface area contributed by atoms with Crippen LogP contribution in [0.1, 0.15) is 15.9 Å². The van der Waals surface area contributed by atoms with E-state index in [1.165, 1.54) is 6.33 Å². The third kappa shape index (κ3) is 4.01. The monoisotopic (exact) mass is 351 g/mol. The Morgan fingerprint density at radius 2 is 1.85 bits per heavy atom. The first-order valence-electron chi connectivity index (χ1n) is 7.80. The van der Waals surface area contributed by atoms with Gasteiger partial charge in [0.1, 0.15) is 6.33 Å². The Morgan fingerprint density at radius 3 is 2.50 bits per heavy atom. The zero-order chi connectivity index (χ0) is 18.5. The molecule has 0 saturated heterocycles. The van der Waals surface area contributed by atoms with Crippen LogP contribution in [0, 0.1) is 6.92 Å². The van der Waals surface area contributed by atoms with Crippen molar-refractivity contribution in [1.29, 1.82) is 0 Å². The van der Waals surface area contributed by atoms with Gasteiger partial charge in [0.2, 0.25) is 11.8 Å². The highest BCUT2D eigenvalue weighted by molar-refractivity contribution is 5.96. The largest absolute Gasteiger partial charge is 0.376 e. The first-order valence-corrected chi connectivity index (χ1v) is 7.80. The summed E-state index contributed by atoms with van der Waals surface area (Å²) in [6.45, 7) is 2.03. The van der Waals surface area contributed by atoms with Crippen molar-refractivity contribution in [2.45, 2.75) is 6.92 Å². The number of anilines is 2. The molecule has 132 valence electrons. The predicted molar refractivity (Wildman–Crippen MR) is 96.0 cm³/mol. The van der Waals surface area contributed by atoms with E-state index in [0.717, 1.165) is 16.9 Å². The molecule has 3 rings (SSSR count). The van der Waals surface area contributed by atoms with Gasteiger partial charge in [-0.25, -0.2) is 4.68 Å². The van der Waals surface area contributed by atoms with Crippen LogP contribution in [0.25, 0.3) is 5.69 Å². The van der Waals surface area contributed by atoms with E-state index in [2.05, 4.69) is 26.2 Å². The van der Waals surface area contributed by atoms with Crippen LogP contribution in [0.2, 0.25) is 0 Å². The van der Waals surface area contributed by atoms with Crippen LogP contribution in [0.5, 0.6) is 0 Å². The fourth-order valence-corrected chi connectivity index (χ4v) is 2.34. The Kier molecular flexibility index (Phi) is 4.88. The van der Waals surface area contributed by atoms with Crippen molar-refractivity contribution in [3.05, 3.63) is 59.9 Å². The van der Waals surface area contributed by atoms with Crippen LogP contribution in [0.15, 0.2) is 48.8 Å². The van der Waals surface area contributed by atoms with Gasteiger partial charge in [-0.3, -0.25) is 9.59 Å². The number of carbonyl (C=O) groups excluding carboxylic acids is 2. The number of nitrogens with two attached hydrogens (primary N) is 1. The average Bonchev–Trinajstić information content (AvgIpc) is 3.16. The standard InChI is InChI=1S/C17H17N7O2/c1-11-2-5-14(8-15(11)24-10-20-22-23-24)19-9-16(25)21-13-6-3-12(4-7-13)17(18)26/h2-8,10,19H,9H2,1H3,(H2,18,26)(H,21,25). The minimum absolute atomic E-state index is 0.0790. The number of aryl methyl sites for hydroxylation is 1. The average molecular weight is 351 g/mol. The van der Waals surface area contributed by atoms with E-state index in [0.29, 0.717) is 11.3 Å². The number of hydrogen-bond donors (Lipinski definition) is 3. The number of rotatable bonds is 6. The second kappa shape index (κ2) is 7.43. The van der Waals surface area contributed by atoms with E-state index in [4.69, 9.17) is 5.73 Å². The van der Waals surface area contributed by atoms with Crippen molar-refractivity contribution in [2.75, 3.05) is 17.2 Å². The van der Waals surface area contributed by atoms with E-state index in [-0.39, 0.29) is 12.5 Å². The lowest BCUT2D eigenvalue weighted by Crippen LogP contribution is -2.22. The molecule has 0 atom stereocenters. The van der Waals surface area contributed by atoms with Gasteiger partial charge in [-0.2, -0.15) is 0 Å². The molecule has 0 aliphatic carbocycles. The molecule has 2 aromatic carbocycles. The lowest BCUT2D eigenvalue weighted by molar-refractivity contribution is -0.114. The number of nitrogens with zero attached hydrogens (tertiary/aromatic N) is 4. The van der Waals surface area contributed by atoms with Crippen molar-refractivity contribution >= 4 is 23.2 Å². The molecule has 0 aliphatic heterocycles. The molecule has 0 saturated carbocycles. The summed E-state index contributed by atoms with van der Waals surface area (Å²) < 4.78 is 1.56. The molecular formula is C17H17N7O2. The second-order valence-corrected chi connectivity index (χ2v) is 5.60. The smallest absolute Gasteiger partial charge is 0.248 e. The van der Waals surface area contributed by atoms with Crippen molar-refractivity contribution in [1.82, 2.24) is 20.2 Å². The van der Waals surface area contributed by atoms with Crippen LogP contribution in [-0.2, 0) is 4.79 Å². The summed E-state index contributed by atoms with van der Waals surface area (Å²) in [7, 11) is 0. The Hall–Kier alpha value is -3.75. The Bertz CT molecular complexity index is 921. The molecule has 0 unspecified atom stereocenters. The van der Waals surface area contributed by atoms with E-state index in [9.17, 15) is 9.59 Å². The number of carbonyl (C=O) groups is 2. The predicted octanol–water partition coefficient (Wildman–Crippen LogP) is 1.12. The topological polar surface area (TPSA) is 128 Å². The maximum atomic E-state index is 12.1. The van der Waals surface area contributed by atoms with E-state index >= 15 is 0 Å². The fraction of sp³-hybridized carbons (Fsp3) is 0.118. The lowest BCUT2D eigenvalue weighted by atomic mass is 10.2. The summed E-state index contributed by atoms with van der Waals surface area (Å²) in [6, 6.07) is 12.0. The Morgan fingerprint density at radius 1 is 1.12 bits per heavy atom. The maximum absolute atomic E-state index is 12.1. The summed E-state index contributed by atoms with van der Waals surface area (Å²) in [6.07, 6.45) is 1.51. The van der Waals surface area contributed by atoms with Gasteiger partial charge in [-0.15, -0.1) is 5.10 Å². The van der Waals surface area contributed by atoms with Crippen LogP contribution in [-0.4, -0.2) is 38.6 Å². The Balaban J connectivity index is 1.61. The Labute approximate surface area is 149 Å². The molecule has 3 aromatic rings. The number of aromatic nitrogens is 4. The molecule has 0 bridgehead atoms. The maximum Gasteiger partial charge on any atom is 0.248 e. The molecule has 9 heteroatoms. The highest BCUT2D eigenvalue weighted by Gasteiger charge is 2.07. The molecule has 1 heterocycles. The first-order chi connectivity index (χ1) is 12.5. The van der Waals surface area contributed by atoms with Gasteiger partial charge in [0.05, 0.1) is 12.2 Å². The van der Waals surface area contributed by atoms with Gasteiger partial charge < -0.3 is 16.4 Å². The number of amides is 2. The number of hydrogen-bond acceptors (Lipinski definition) is 6. The quantitative estimate of drug-likeness (QED) is 0.610. The van der Waals surface area contributed by atoms with Crippen molar-refractivity contribution in [3.8, 4) is 5.69 Å². The molecule has 0 radical (unpaired) electrons. The van der Waals surface area contributed by atoms with Crippen molar-refractivity contribution in [2.24, 2.45) is 5.73 Å². The van der Waals surface area contributed by atoms with Crippen LogP contribution >= 0.6 is 0 Å². The fourth-order valence-electron chi connectivity index (χ4n) is 2.34. The SMILES string of the molecule is Cc1ccc(NCC(=O)Nc2ccc(C(N)=O)cc2)cc1-n1cnnn1. The highest BCUT2D eigenvalue weighted by atomic mass is 16.2. The first kappa shape index (κ1) is 17.1. The summed E-state index contributed by atoms with van der Waals surface area (Å²) in [5.41, 5.74) is 8.74. The zero-order valence-corrected chi connectivity index (χ0v) is 14.0. The second-order valence-electron chi connectivity index (χ2n) is 5.60. The molecule has 26 heavy (non-hydrogen) atoms. The molecule has 0 aliphatic rings. The van der Waals surface area contributed by atoms with Gasteiger partial charge in [0.15, 0.2) is 0 Å². The number of nitrogens with one attached hydrogen (secondary N) is 2. The molecule has 0 spiro atoms. The highest BCUT2D eigenvalue weighted by Crippen LogP contribution is 2.18. The summed E-state index contributed by atoms with van der Waals surface area (Å²) in [5.74, 6) is -0.733. The minimum atomic E-state index is -0.512. The number of benzene rings is 2. The van der Waals surface area contributed by atoms with E-state index in [1.54, 1.807) is 28.9 Å². The van der Waals surface area contributed by atoms with Gasteiger partial charge in [0, 0.05) is 16.9 Å². The molecule has 2 amide bonds. The molecular weight excluding hydrogens is 334 g/mol. The van der Waals surface area contributed by atoms with Crippen molar-refractivity contribution in [3.63, 3.8) is 0 Å². The van der Waals surface area contributed by atoms with Crippen LogP contribution in [0.3, 0.4) is 0 Å². The zero-order valence-electron chi connectivity index (χ0n) is 14.0. The molecule has 9 nitrogen and oxygen atoms in total. The van der Waals surface area contributed by atoms with Crippen LogP contribution in [0.4, 0.5) is 11.4 Å². The molecule has 0 fully saturated rings. The van der Waals surface area contributed by atoms with Crippen molar-refractivity contribution < 1.29 is 9.59 Å². The third-order valence-electron chi connectivity index (χ3n) is 3.71. The lowest BCUT2D eigenvalue weighted by Gasteiger charge is -2.11. The summed E-state index contributed by atoms with van der Waals surface area (Å²) >= 11 is 0. The number of tetrazole rings is 1. The summed E-state index contributed by atoms with van der Waals surface area (Å²) in [5, 5.41) is 16.9. The number of primary amides is 1. The van der Waals surface area contributed by atoms with Gasteiger partial charge in [0.25, 0.3) is 0 Å². The van der Waals surface area contributed by atoms with E-state index in [1.807, 2.05) is 25.1 Å². The molecule has 1 aromatic heterocycles. The molecule has 4 N–H and O–H groups in total.